The summed E-state index contributed by atoms with van der Waals surface area (Å²) in [5.41, 5.74) is 0.565. The van der Waals surface area contributed by atoms with E-state index >= 15 is 0 Å². The lowest BCUT2D eigenvalue weighted by molar-refractivity contribution is 0.0996. The van der Waals surface area contributed by atoms with Crippen LogP contribution in [0.4, 0.5) is 5.69 Å². The number of furan rings is 1. The number of hydrogen-bond donors (Lipinski definition) is 1. The number of carbonyl (C=O) groups excluding carboxylic acids is 1. The fraction of sp³-hybridized carbons (Fsp3) is 0. The van der Waals surface area contributed by atoms with E-state index in [2.05, 4.69) is 21.2 Å². The van der Waals surface area contributed by atoms with Crippen molar-refractivity contribution in [2.24, 2.45) is 0 Å². The number of benzene rings is 1. The maximum absolute atomic E-state index is 11.8. The summed E-state index contributed by atoms with van der Waals surface area (Å²) in [6, 6.07) is 8.17. The Hall–Kier alpha value is -0.970. The number of nitrogens with one attached hydrogen (secondary N) is 1. The quantitative estimate of drug-likeness (QED) is 0.872. The Bertz CT molecular complexity index is 568. The molecule has 0 fully saturated rings. The summed E-state index contributed by atoms with van der Waals surface area (Å²) in [6.45, 7) is 0. The molecule has 0 radical (unpaired) electrons. The summed E-state index contributed by atoms with van der Waals surface area (Å²) in [4.78, 5) is 11.8. The maximum atomic E-state index is 11.8. The summed E-state index contributed by atoms with van der Waals surface area (Å²) in [5, 5.41) is 3.34. The Kier molecular flexibility index (Phi) is 3.76. The summed E-state index contributed by atoms with van der Waals surface area (Å²) >= 11 is 14.8. The van der Waals surface area contributed by atoms with Gasteiger partial charge in [0, 0.05) is 0 Å². The second-order valence-electron chi connectivity index (χ2n) is 3.16. The van der Waals surface area contributed by atoms with Crippen LogP contribution in [0.2, 0.25) is 10.2 Å². The van der Waals surface area contributed by atoms with E-state index in [-0.39, 0.29) is 16.9 Å². The Morgan fingerprint density at radius 1 is 1.24 bits per heavy atom. The molecule has 1 amide bonds. The third kappa shape index (κ3) is 2.83. The molecule has 1 N–H and O–H groups in total. The molecule has 1 heterocycles. The van der Waals surface area contributed by atoms with Crippen LogP contribution < -0.4 is 5.32 Å². The van der Waals surface area contributed by atoms with E-state index in [0.29, 0.717) is 15.2 Å². The fourth-order valence-electron chi connectivity index (χ4n) is 1.22. The van der Waals surface area contributed by atoms with Crippen LogP contribution in [0.5, 0.6) is 0 Å². The third-order valence-corrected chi connectivity index (χ3v) is 3.60. The topological polar surface area (TPSA) is 42.2 Å². The van der Waals surface area contributed by atoms with Crippen molar-refractivity contribution < 1.29 is 9.21 Å². The van der Waals surface area contributed by atoms with E-state index in [9.17, 15) is 4.79 Å². The van der Waals surface area contributed by atoms with E-state index < -0.39 is 0 Å². The molecule has 0 atom stereocenters. The van der Waals surface area contributed by atoms with Gasteiger partial charge in [-0.2, -0.15) is 0 Å². The van der Waals surface area contributed by atoms with Gasteiger partial charge < -0.3 is 9.73 Å². The lowest BCUT2D eigenvalue weighted by atomic mass is 10.3. The molecule has 1 aromatic heterocycles. The number of carbonyl (C=O) groups is 1. The van der Waals surface area contributed by atoms with Crippen LogP contribution in [-0.2, 0) is 0 Å². The Morgan fingerprint density at radius 3 is 2.65 bits per heavy atom. The molecular formula is C11H6BrCl2NO2. The monoisotopic (exact) mass is 333 g/mol. The SMILES string of the molecule is O=C(Nc1cccc(Cl)c1Br)c1ccc(Cl)o1. The van der Waals surface area contributed by atoms with Gasteiger partial charge in [0.2, 0.25) is 0 Å². The minimum atomic E-state index is -0.389. The molecule has 0 spiro atoms. The van der Waals surface area contributed by atoms with Crippen molar-refractivity contribution in [1.82, 2.24) is 0 Å². The van der Waals surface area contributed by atoms with Gasteiger partial charge in [-0.15, -0.1) is 0 Å². The van der Waals surface area contributed by atoms with E-state index in [0.717, 1.165) is 0 Å². The van der Waals surface area contributed by atoms with Gasteiger partial charge in [-0.1, -0.05) is 17.7 Å². The molecule has 88 valence electrons. The molecule has 6 heteroatoms. The van der Waals surface area contributed by atoms with Gasteiger partial charge >= 0.3 is 0 Å². The smallest absolute Gasteiger partial charge is 0.291 e. The molecule has 2 aromatic rings. The first-order valence-corrected chi connectivity index (χ1v) is 6.13. The Balaban J connectivity index is 2.21. The van der Waals surface area contributed by atoms with E-state index in [1.54, 1.807) is 18.2 Å². The first kappa shape index (κ1) is 12.5. The van der Waals surface area contributed by atoms with Crippen molar-refractivity contribution in [3.63, 3.8) is 0 Å². The van der Waals surface area contributed by atoms with Crippen LogP contribution in [0.15, 0.2) is 39.2 Å². The highest BCUT2D eigenvalue weighted by molar-refractivity contribution is 9.10. The number of anilines is 1. The van der Waals surface area contributed by atoms with Crippen molar-refractivity contribution in [2.75, 3.05) is 5.32 Å². The van der Waals surface area contributed by atoms with Gasteiger partial charge in [-0.05, 0) is 51.8 Å². The van der Waals surface area contributed by atoms with Crippen molar-refractivity contribution in [3.05, 3.63) is 50.8 Å². The standard InChI is InChI=1S/C11H6BrCl2NO2/c12-10-6(13)2-1-3-7(10)15-11(16)8-4-5-9(14)17-8/h1-5H,(H,15,16). The van der Waals surface area contributed by atoms with E-state index in [1.807, 2.05) is 0 Å². The first-order valence-electron chi connectivity index (χ1n) is 4.58. The molecule has 3 nitrogen and oxygen atoms in total. The van der Waals surface area contributed by atoms with Crippen LogP contribution in [0, 0.1) is 0 Å². The molecular weight excluding hydrogens is 329 g/mol. The Labute approximate surface area is 116 Å². The molecule has 17 heavy (non-hydrogen) atoms. The van der Waals surface area contributed by atoms with Gasteiger partial charge in [-0.25, -0.2) is 0 Å². The van der Waals surface area contributed by atoms with E-state index in [4.69, 9.17) is 27.6 Å². The summed E-state index contributed by atoms with van der Waals surface area (Å²) < 4.78 is 5.61. The molecule has 0 saturated heterocycles. The van der Waals surface area contributed by atoms with Crippen LogP contribution >= 0.6 is 39.1 Å². The van der Waals surface area contributed by atoms with Crippen molar-refractivity contribution >= 4 is 50.7 Å². The number of hydrogen-bond acceptors (Lipinski definition) is 2. The second-order valence-corrected chi connectivity index (χ2v) is 4.73. The Morgan fingerprint density at radius 2 is 2.00 bits per heavy atom. The highest BCUT2D eigenvalue weighted by Gasteiger charge is 2.13. The maximum Gasteiger partial charge on any atom is 0.291 e. The third-order valence-electron chi connectivity index (χ3n) is 2.00. The first-order chi connectivity index (χ1) is 8.08. The van der Waals surface area contributed by atoms with Crippen LogP contribution in [0.25, 0.3) is 0 Å². The van der Waals surface area contributed by atoms with Gasteiger partial charge in [0.25, 0.3) is 5.91 Å². The second kappa shape index (κ2) is 5.12. The summed E-state index contributed by atoms with van der Waals surface area (Å²) in [5.74, 6) is -0.248. The zero-order valence-corrected chi connectivity index (χ0v) is 11.4. The number of amides is 1. The molecule has 0 unspecified atom stereocenters. The number of rotatable bonds is 2. The fourth-order valence-corrected chi connectivity index (χ4v) is 1.90. The van der Waals surface area contributed by atoms with Gasteiger partial charge in [0.15, 0.2) is 11.0 Å². The van der Waals surface area contributed by atoms with Crippen molar-refractivity contribution in [3.8, 4) is 0 Å². The minimum absolute atomic E-state index is 0.141. The van der Waals surface area contributed by atoms with Crippen molar-refractivity contribution in [2.45, 2.75) is 0 Å². The van der Waals surface area contributed by atoms with Gasteiger partial charge in [0.1, 0.15) is 0 Å². The highest BCUT2D eigenvalue weighted by atomic mass is 79.9. The van der Waals surface area contributed by atoms with Gasteiger partial charge in [-0.3, -0.25) is 4.79 Å². The van der Waals surface area contributed by atoms with Crippen molar-refractivity contribution in [1.29, 1.82) is 0 Å². The average molecular weight is 335 g/mol. The zero-order valence-electron chi connectivity index (χ0n) is 8.34. The largest absolute Gasteiger partial charge is 0.440 e. The zero-order chi connectivity index (χ0) is 12.4. The molecule has 2 rings (SSSR count). The molecule has 0 saturated carbocycles. The molecule has 0 aliphatic carbocycles. The molecule has 0 bridgehead atoms. The van der Waals surface area contributed by atoms with Crippen LogP contribution in [0.1, 0.15) is 10.6 Å². The van der Waals surface area contributed by atoms with Crippen LogP contribution in [-0.4, -0.2) is 5.91 Å². The number of halogens is 3. The predicted molar refractivity (Wildman–Crippen MR) is 70.8 cm³/mol. The summed E-state index contributed by atoms with van der Waals surface area (Å²) in [6.07, 6.45) is 0. The van der Waals surface area contributed by atoms with E-state index in [1.165, 1.54) is 12.1 Å². The normalized spacial score (nSPS) is 10.3. The summed E-state index contributed by atoms with van der Waals surface area (Å²) in [7, 11) is 0. The van der Waals surface area contributed by atoms with Gasteiger partial charge in [0.05, 0.1) is 15.2 Å². The average Bonchev–Trinajstić information content (AvgIpc) is 2.72. The molecule has 1 aromatic carbocycles. The molecule has 0 aliphatic rings. The van der Waals surface area contributed by atoms with Crippen LogP contribution in [0.3, 0.4) is 0 Å². The predicted octanol–water partition coefficient (Wildman–Crippen LogP) is 4.60. The minimum Gasteiger partial charge on any atom is -0.440 e. The lowest BCUT2D eigenvalue weighted by Gasteiger charge is -2.06. The highest BCUT2D eigenvalue weighted by Crippen LogP contribution is 2.30. The lowest BCUT2D eigenvalue weighted by Crippen LogP contribution is -2.11. The molecule has 0 aliphatic heterocycles.